The van der Waals surface area contributed by atoms with Crippen LogP contribution in [0.2, 0.25) is 0 Å². The van der Waals surface area contributed by atoms with E-state index in [9.17, 15) is 9.59 Å². The molecular formula is C23H19N3O4S. The van der Waals surface area contributed by atoms with Gasteiger partial charge in [0, 0.05) is 11.1 Å². The number of furan rings is 1. The fourth-order valence-electron chi connectivity index (χ4n) is 2.73. The maximum atomic E-state index is 12.3. The summed E-state index contributed by atoms with van der Waals surface area (Å²) in [5.41, 5.74) is 2.39. The molecular weight excluding hydrogens is 414 g/mol. The van der Waals surface area contributed by atoms with Crippen LogP contribution in [0.15, 0.2) is 76.7 Å². The van der Waals surface area contributed by atoms with Gasteiger partial charge < -0.3 is 14.5 Å². The Morgan fingerprint density at radius 3 is 2.39 bits per heavy atom. The van der Waals surface area contributed by atoms with Crippen molar-refractivity contribution in [3.05, 3.63) is 89.3 Å². The Kier molecular flexibility index (Phi) is 6.09. The molecule has 0 fully saturated rings. The summed E-state index contributed by atoms with van der Waals surface area (Å²) in [7, 11) is 0. The Morgan fingerprint density at radius 1 is 1.00 bits per heavy atom. The number of benzene rings is 2. The van der Waals surface area contributed by atoms with Gasteiger partial charge in [-0.05, 0) is 55.5 Å². The molecule has 0 radical (unpaired) electrons. The fraction of sp³-hybridized carbons (Fsp3) is 0.0870. The van der Waals surface area contributed by atoms with E-state index in [4.69, 9.17) is 9.15 Å². The van der Waals surface area contributed by atoms with Crippen molar-refractivity contribution >= 4 is 34.0 Å². The summed E-state index contributed by atoms with van der Waals surface area (Å²) in [5, 5.41) is 7.61. The highest BCUT2D eigenvalue weighted by atomic mass is 32.1. The van der Waals surface area contributed by atoms with E-state index in [1.165, 1.54) is 17.6 Å². The molecule has 31 heavy (non-hydrogen) atoms. The summed E-state index contributed by atoms with van der Waals surface area (Å²) in [6, 6.07) is 18.1. The van der Waals surface area contributed by atoms with Crippen LogP contribution in [0.1, 0.15) is 21.8 Å². The third-order valence-corrected chi connectivity index (χ3v) is 5.06. The number of carbonyl (C=O) groups excluding carboxylic acids is 2. The van der Waals surface area contributed by atoms with Gasteiger partial charge in [-0.2, -0.15) is 0 Å². The van der Waals surface area contributed by atoms with Gasteiger partial charge in [0.1, 0.15) is 11.5 Å². The lowest BCUT2D eigenvalue weighted by Gasteiger charge is -2.08. The Hall–Kier alpha value is -3.91. The molecule has 156 valence electrons. The number of hydrogen-bond acceptors (Lipinski definition) is 6. The molecule has 4 rings (SSSR count). The zero-order chi connectivity index (χ0) is 21.6. The van der Waals surface area contributed by atoms with Crippen molar-refractivity contribution in [2.75, 3.05) is 10.6 Å². The molecule has 0 saturated heterocycles. The second-order valence-corrected chi connectivity index (χ2v) is 7.60. The van der Waals surface area contributed by atoms with Crippen LogP contribution in [0.5, 0.6) is 11.5 Å². The number of thiazole rings is 1. The minimum absolute atomic E-state index is 0.0920. The van der Waals surface area contributed by atoms with Crippen LogP contribution in [0.3, 0.4) is 0 Å². The predicted octanol–water partition coefficient (Wildman–Crippen LogP) is 5.27. The van der Waals surface area contributed by atoms with E-state index in [2.05, 4.69) is 15.6 Å². The first kappa shape index (κ1) is 20.4. The van der Waals surface area contributed by atoms with E-state index in [0.717, 1.165) is 11.3 Å². The van der Waals surface area contributed by atoms with E-state index < -0.39 is 0 Å². The molecule has 2 aromatic heterocycles. The molecule has 2 aromatic carbocycles. The normalized spacial score (nSPS) is 10.5. The Morgan fingerprint density at radius 2 is 1.71 bits per heavy atom. The number of nitrogens with zero attached hydrogens (tertiary/aromatic N) is 1. The fourth-order valence-corrected chi connectivity index (χ4v) is 3.44. The topological polar surface area (TPSA) is 93.5 Å². The van der Waals surface area contributed by atoms with Crippen LogP contribution >= 0.6 is 11.3 Å². The van der Waals surface area contributed by atoms with Crippen LogP contribution in [0, 0.1) is 6.92 Å². The van der Waals surface area contributed by atoms with Gasteiger partial charge in [-0.15, -0.1) is 11.3 Å². The van der Waals surface area contributed by atoms with E-state index in [1.807, 2.05) is 31.2 Å². The van der Waals surface area contributed by atoms with Crippen LogP contribution < -0.4 is 15.4 Å². The van der Waals surface area contributed by atoms with Gasteiger partial charge >= 0.3 is 0 Å². The third kappa shape index (κ3) is 5.58. The van der Waals surface area contributed by atoms with Crippen molar-refractivity contribution in [3.63, 3.8) is 0 Å². The van der Waals surface area contributed by atoms with E-state index in [0.29, 0.717) is 22.3 Å². The number of anilines is 2. The smallest absolute Gasteiger partial charge is 0.293 e. The zero-order valence-electron chi connectivity index (χ0n) is 16.6. The molecule has 0 aliphatic carbocycles. The number of amides is 2. The summed E-state index contributed by atoms with van der Waals surface area (Å²) in [6.45, 7) is 2.02. The molecule has 0 atom stereocenters. The maximum absolute atomic E-state index is 12.3. The molecule has 0 unspecified atom stereocenters. The molecule has 0 bridgehead atoms. The Balaban J connectivity index is 1.29. The van der Waals surface area contributed by atoms with Gasteiger partial charge in [0.05, 0.1) is 18.4 Å². The molecule has 2 N–H and O–H groups in total. The highest BCUT2D eigenvalue weighted by Crippen LogP contribution is 2.23. The minimum Gasteiger partial charge on any atom is -0.459 e. The lowest BCUT2D eigenvalue weighted by atomic mass is 10.2. The number of nitrogens with one attached hydrogen (secondary N) is 2. The van der Waals surface area contributed by atoms with Gasteiger partial charge in [-0.3, -0.25) is 14.9 Å². The number of aryl methyl sites for hydroxylation is 1. The molecule has 7 nitrogen and oxygen atoms in total. The van der Waals surface area contributed by atoms with Crippen molar-refractivity contribution in [2.24, 2.45) is 0 Å². The first-order chi connectivity index (χ1) is 15.0. The Bertz CT molecular complexity index is 1170. The van der Waals surface area contributed by atoms with Gasteiger partial charge in [0.25, 0.3) is 5.91 Å². The van der Waals surface area contributed by atoms with Crippen molar-refractivity contribution in [2.45, 2.75) is 13.3 Å². The molecule has 0 spiro atoms. The summed E-state index contributed by atoms with van der Waals surface area (Å²) in [4.78, 5) is 28.6. The second kappa shape index (κ2) is 9.27. The van der Waals surface area contributed by atoms with E-state index >= 15 is 0 Å². The standard InChI is InChI=1S/C23H19N3O4S/c1-15-4-8-18(9-5-15)30-19-10-6-16(7-11-19)24-21(27)13-17-14-31-23(25-17)26-22(28)20-3-2-12-29-20/h2-12,14H,13H2,1H3,(H,24,27)(H,25,26,28). The minimum atomic E-state index is -0.386. The Labute approximate surface area is 182 Å². The first-order valence-corrected chi connectivity index (χ1v) is 10.4. The van der Waals surface area contributed by atoms with Crippen molar-refractivity contribution in [1.82, 2.24) is 4.98 Å². The molecule has 0 aliphatic rings. The van der Waals surface area contributed by atoms with Crippen molar-refractivity contribution in [3.8, 4) is 11.5 Å². The van der Waals surface area contributed by atoms with Gasteiger partial charge in [0.15, 0.2) is 10.9 Å². The maximum Gasteiger partial charge on any atom is 0.293 e. The molecule has 4 aromatic rings. The summed E-state index contributed by atoms with van der Waals surface area (Å²) in [6.07, 6.45) is 1.52. The molecule has 2 amide bonds. The number of carbonyl (C=O) groups is 2. The van der Waals surface area contributed by atoms with Gasteiger partial charge in [0.2, 0.25) is 5.91 Å². The highest BCUT2D eigenvalue weighted by Gasteiger charge is 2.13. The highest BCUT2D eigenvalue weighted by molar-refractivity contribution is 7.14. The van der Waals surface area contributed by atoms with Crippen molar-refractivity contribution in [1.29, 1.82) is 0 Å². The molecule has 0 saturated carbocycles. The average molecular weight is 433 g/mol. The number of hydrogen-bond donors (Lipinski definition) is 2. The quantitative estimate of drug-likeness (QED) is 0.414. The molecule has 0 aliphatic heterocycles. The van der Waals surface area contributed by atoms with Crippen LogP contribution in [-0.2, 0) is 11.2 Å². The van der Waals surface area contributed by atoms with E-state index in [1.54, 1.807) is 41.8 Å². The summed E-state index contributed by atoms with van der Waals surface area (Å²) < 4.78 is 10.8. The summed E-state index contributed by atoms with van der Waals surface area (Å²) >= 11 is 1.25. The number of ether oxygens (including phenoxy) is 1. The monoisotopic (exact) mass is 433 g/mol. The lowest BCUT2D eigenvalue weighted by molar-refractivity contribution is -0.115. The molecule has 8 heteroatoms. The zero-order valence-corrected chi connectivity index (χ0v) is 17.4. The van der Waals surface area contributed by atoms with Crippen molar-refractivity contribution < 1.29 is 18.7 Å². The SMILES string of the molecule is Cc1ccc(Oc2ccc(NC(=O)Cc3csc(NC(=O)c4ccco4)n3)cc2)cc1. The van der Waals surface area contributed by atoms with E-state index in [-0.39, 0.29) is 24.0 Å². The number of aromatic nitrogens is 1. The van der Waals surface area contributed by atoms with Gasteiger partial charge in [-0.1, -0.05) is 17.7 Å². The van der Waals surface area contributed by atoms with Crippen LogP contribution in [0.4, 0.5) is 10.8 Å². The first-order valence-electron chi connectivity index (χ1n) is 9.49. The molecule has 2 heterocycles. The van der Waals surface area contributed by atoms with Crippen LogP contribution in [-0.4, -0.2) is 16.8 Å². The summed E-state index contributed by atoms with van der Waals surface area (Å²) in [5.74, 6) is 1.04. The lowest BCUT2D eigenvalue weighted by Crippen LogP contribution is -2.15. The third-order valence-electron chi connectivity index (χ3n) is 4.25. The average Bonchev–Trinajstić information content (AvgIpc) is 3.44. The van der Waals surface area contributed by atoms with Crippen LogP contribution in [0.25, 0.3) is 0 Å². The second-order valence-electron chi connectivity index (χ2n) is 6.74. The largest absolute Gasteiger partial charge is 0.459 e. The predicted molar refractivity (Wildman–Crippen MR) is 119 cm³/mol. The van der Waals surface area contributed by atoms with Gasteiger partial charge in [-0.25, -0.2) is 4.98 Å². The number of rotatable bonds is 7.